The fourth-order valence-electron chi connectivity index (χ4n) is 3.49. The van der Waals surface area contributed by atoms with Gasteiger partial charge in [-0.15, -0.1) is 4.52 Å². The van der Waals surface area contributed by atoms with E-state index in [1.807, 2.05) is 0 Å². The van der Waals surface area contributed by atoms with E-state index in [1.54, 1.807) is 7.11 Å². The van der Waals surface area contributed by atoms with E-state index < -0.39 is 8.03 Å². The lowest BCUT2D eigenvalue weighted by Gasteiger charge is -2.22. The predicted octanol–water partition coefficient (Wildman–Crippen LogP) is 7.34. The summed E-state index contributed by atoms with van der Waals surface area (Å²) in [5, 5.41) is 0. The zero-order chi connectivity index (χ0) is 21.8. The summed E-state index contributed by atoms with van der Waals surface area (Å²) < 4.78 is 23.9. The average molecular weight is 434 g/mol. The summed E-state index contributed by atoms with van der Waals surface area (Å²) in [6.45, 7) is 3.70. The minimum Gasteiger partial charge on any atom is -0.377 e. The normalized spacial score (nSPS) is 13.6. The molecule has 5 heteroatoms. The second kappa shape index (κ2) is 19.9. The molecule has 0 fully saturated rings. The second-order valence-electron chi connectivity index (χ2n) is 9.61. The monoisotopic (exact) mass is 433 g/mol. The molecule has 0 rings (SSSR count). The molecule has 29 heavy (non-hydrogen) atoms. The predicted molar refractivity (Wildman–Crippen MR) is 127 cm³/mol. The van der Waals surface area contributed by atoms with Crippen molar-refractivity contribution in [2.45, 2.75) is 109 Å². The van der Waals surface area contributed by atoms with E-state index in [2.05, 4.69) is 28.1 Å². The minimum absolute atomic E-state index is 0.0695. The van der Waals surface area contributed by atoms with Gasteiger partial charge in [-0.05, 0) is 11.0 Å². The van der Waals surface area contributed by atoms with Crippen LogP contribution in [0.1, 0.15) is 103 Å². The van der Waals surface area contributed by atoms with Crippen molar-refractivity contribution in [3.8, 4) is 0 Å². The molecular formula is C24H52NO3P+2. The van der Waals surface area contributed by atoms with E-state index in [0.717, 1.165) is 17.4 Å². The number of nitrogens with zero attached hydrogens (tertiary/aromatic N) is 1. The van der Waals surface area contributed by atoms with Crippen molar-refractivity contribution in [1.29, 1.82) is 0 Å². The molecule has 0 radical (unpaired) electrons. The van der Waals surface area contributed by atoms with Crippen LogP contribution in [0.15, 0.2) is 0 Å². The van der Waals surface area contributed by atoms with Crippen molar-refractivity contribution in [1.82, 2.24) is 0 Å². The highest BCUT2D eigenvalue weighted by molar-refractivity contribution is 7.39. The van der Waals surface area contributed by atoms with Crippen molar-refractivity contribution in [2.24, 2.45) is 0 Å². The highest BCUT2D eigenvalue weighted by Crippen LogP contribution is 2.26. The van der Waals surface area contributed by atoms with Crippen LogP contribution in [0.5, 0.6) is 0 Å². The number of methoxy groups -OCH3 is 1. The van der Waals surface area contributed by atoms with Crippen LogP contribution in [0.4, 0.5) is 0 Å². The van der Waals surface area contributed by atoms with Crippen LogP contribution >= 0.6 is 8.03 Å². The van der Waals surface area contributed by atoms with E-state index in [4.69, 9.17) is 9.26 Å². The number of quaternary nitrogens is 1. The molecule has 0 aromatic rings. The molecule has 0 heterocycles. The Morgan fingerprint density at radius 3 is 1.62 bits per heavy atom. The molecule has 0 aromatic heterocycles. The first-order valence-corrected chi connectivity index (χ1v) is 13.7. The molecule has 4 nitrogen and oxygen atoms in total. The van der Waals surface area contributed by atoms with Gasteiger partial charge in [-0.2, -0.15) is 0 Å². The third-order valence-corrected chi connectivity index (χ3v) is 6.74. The van der Waals surface area contributed by atoms with Gasteiger partial charge in [-0.3, -0.25) is 0 Å². The van der Waals surface area contributed by atoms with Gasteiger partial charge in [-0.1, -0.05) is 96.8 Å². The minimum atomic E-state index is -1.61. The lowest BCUT2D eigenvalue weighted by Crippen LogP contribution is -2.37. The van der Waals surface area contributed by atoms with Crippen molar-refractivity contribution in [3.63, 3.8) is 0 Å². The highest BCUT2D eigenvalue weighted by atomic mass is 31.1. The largest absolute Gasteiger partial charge is 0.511 e. The molecule has 0 aliphatic carbocycles. The van der Waals surface area contributed by atoms with Crippen LogP contribution in [0.3, 0.4) is 0 Å². The lowest BCUT2D eigenvalue weighted by molar-refractivity contribution is -0.870. The van der Waals surface area contributed by atoms with E-state index in [9.17, 15) is 4.57 Å². The number of rotatable bonds is 22. The van der Waals surface area contributed by atoms with Crippen molar-refractivity contribution in [3.05, 3.63) is 0 Å². The van der Waals surface area contributed by atoms with Crippen molar-refractivity contribution in [2.75, 3.05) is 47.6 Å². The molecule has 0 bridgehead atoms. The quantitative estimate of drug-likeness (QED) is 0.102. The Hall–Kier alpha value is -0.0200. The summed E-state index contributed by atoms with van der Waals surface area (Å²) in [7, 11) is 6.46. The van der Waals surface area contributed by atoms with Gasteiger partial charge >= 0.3 is 8.03 Å². The van der Waals surface area contributed by atoms with Gasteiger partial charge in [0.25, 0.3) is 0 Å². The first-order valence-electron chi connectivity index (χ1n) is 12.3. The average Bonchev–Trinajstić information content (AvgIpc) is 2.66. The molecule has 0 aliphatic rings. The Morgan fingerprint density at radius 1 is 0.759 bits per heavy atom. The molecule has 0 N–H and O–H groups in total. The van der Waals surface area contributed by atoms with Gasteiger partial charge in [-0.25, -0.2) is 0 Å². The first-order chi connectivity index (χ1) is 13.9. The zero-order valence-electron chi connectivity index (χ0n) is 20.4. The number of ether oxygens (including phenoxy) is 1. The second-order valence-corrected chi connectivity index (χ2v) is 10.9. The molecule has 2 unspecified atom stereocenters. The van der Waals surface area contributed by atoms with E-state index >= 15 is 0 Å². The van der Waals surface area contributed by atoms with Gasteiger partial charge in [0, 0.05) is 7.11 Å². The maximum absolute atomic E-state index is 12.1. The Balaban J connectivity index is 3.46. The number of hydrogen-bond acceptors (Lipinski definition) is 3. The molecule has 174 valence electrons. The van der Waals surface area contributed by atoms with Crippen LogP contribution in [0.25, 0.3) is 0 Å². The molecule has 0 saturated heterocycles. The van der Waals surface area contributed by atoms with Gasteiger partial charge < -0.3 is 9.22 Å². The molecule has 2 atom stereocenters. The van der Waals surface area contributed by atoms with Gasteiger partial charge in [0.15, 0.2) is 6.61 Å². The summed E-state index contributed by atoms with van der Waals surface area (Å²) in [5.74, 6) is 0. The molecule has 0 spiro atoms. The van der Waals surface area contributed by atoms with E-state index in [0.29, 0.717) is 12.8 Å². The fraction of sp³-hybridized carbons (Fsp3) is 1.00. The molecule has 0 saturated carbocycles. The molecule has 0 aliphatic heterocycles. The SMILES string of the molecule is CCCCCCCCCCCCCCCCC(C[P+](=O)OCC[N+](C)(C)C)OC. The Bertz CT molecular complexity index is 372. The highest BCUT2D eigenvalue weighted by Gasteiger charge is 2.25. The van der Waals surface area contributed by atoms with Crippen LogP contribution in [0, 0.1) is 0 Å². The van der Waals surface area contributed by atoms with Gasteiger partial charge in [0.05, 0.1) is 21.1 Å². The third kappa shape index (κ3) is 22.5. The molecule has 0 aromatic carbocycles. The maximum Gasteiger partial charge on any atom is 0.511 e. The number of hydrogen-bond donors (Lipinski definition) is 0. The fourth-order valence-corrected chi connectivity index (χ4v) is 4.54. The van der Waals surface area contributed by atoms with Crippen LogP contribution in [-0.4, -0.2) is 58.2 Å². The zero-order valence-corrected chi connectivity index (χ0v) is 21.3. The Morgan fingerprint density at radius 2 is 1.21 bits per heavy atom. The first kappa shape index (κ1) is 29.0. The molecular weight excluding hydrogens is 381 g/mol. The van der Waals surface area contributed by atoms with E-state index in [1.165, 1.54) is 89.9 Å². The summed E-state index contributed by atoms with van der Waals surface area (Å²) >= 11 is 0. The summed E-state index contributed by atoms with van der Waals surface area (Å²) in [4.78, 5) is 0. The van der Waals surface area contributed by atoms with Crippen LogP contribution in [-0.2, 0) is 13.8 Å². The lowest BCUT2D eigenvalue weighted by atomic mass is 10.0. The van der Waals surface area contributed by atoms with Gasteiger partial charge in [0.1, 0.15) is 12.6 Å². The van der Waals surface area contributed by atoms with E-state index in [-0.39, 0.29) is 6.10 Å². The Labute approximate surface area is 183 Å². The summed E-state index contributed by atoms with van der Waals surface area (Å²) in [6.07, 6.45) is 20.8. The maximum atomic E-state index is 12.1. The van der Waals surface area contributed by atoms with Crippen LogP contribution in [0.2, 0.25) is 0 Å². The van der Waals surface area contributed by atoms with Crippen molar-refractivity contribution >= 4 is 8.03 Å². The summed E-state index contributed by atoms with van der Waals surface area (Å²) in [5.41, 5.74) is 0. The smallest absolute Gasteiger partial charge is 0.377 e. The summed E-state index contributed by atoms with van der Waals surface area (Å²) in [6, 6.07) is 0. The number of unbranched alkanes of at least 4 members (excludes halogenated alkanes) is 13. The Kier molecular flexibility index (Phi) is 19.9. The molecule has 0 amide bonds. The van der Waals surface area contributed by atoms with Gasteiger partial charge in [0.2, 0.25) is 6.16 Å². The van der Waals surface area contributed by atoms with Crippen LogP contribution < -0.4 is 0 Å². The standard InChI is InChI=1S/C24H52NO3P/c1-6-7-8-9-10-11-12-13-14-15-16-17-18-19-20-24(27-5)23-29(26)28-22-21-25(2,3)4/h24H,6-23H2,1-5H3/q+2. The topological polar surface area (TPSA) is 35.5 Å². The van der Waals surface area contributed by atoms with Crippen molar-refractivity contribution < 1.29 is 18.3 Å². The third-order valence-electron chi connectivity index (χ3n) is 5.56. The number of likely N-dealkylation sites (N-methyl/N-ethyl adjacent to an activating group) is 1.